The molecule has 1 saturated heterocycles. The molecule has 0 bridgehead atoms. The van der Waals surface area contributed by atoms with Gasteiger partial charge in [0.05, 0.1) is 6.61 Å². The number of aromatic nitrogens is 2. The highest BCUT2D eigenvalue weighted by atomic mass is 35.5. The summed E-state index contributed by atoms with van der Waals surface area (Å²) in [5.41, 5.74) is 2.35. The Balaban J connectivity index is 1.97. The van der Waals surface area contributed by atoms with Crippen LogP contribution in [-0.2, 0) is 17.6 Å². The van der Waals surface area contributed by atoms with Crippen LogP contribution in [0.2, 0.25) is 5.15 Å². The topological polar surface area (TPSA) is 35.0 Å². The third-order valence-electron chi connectivity index (χ3n) is 3.44. The van der Waals surface area contributed by atoms with Crippen molar-refractivity contribution in [3.63, 3.8) is 0 Å². The lowest BCUT2D eigenvalue weighted by molar-refractivity contribution is 0.193. The Morgan fingerprint density at radius 1 is 1.19 bits per heavy atom. The van der Waals surface area contributed by atoms with Gasteiger partial charge in [-0.1, -0.05) is 11.6 Å². The van der Waals surface area contributed by atoms with Crippen molar-refractivity contribution >= 4 is 11.6 Å². The molecule has 1 aliphatic heterocycles. The van der Waals surface area contributed by atoms with Crippen molar-refractivity contribution in [1.29, 1.82) is 0 Å². The maximum atomic E-state index is 6.23. The predicted octanol–water partition coefficient (Wildman–Crippen LogP) is 2.51. The second kappa shape index (κ2) is 4.30. The molecule has 16 heavy (non-hydrogen) atoms. The normalized spacial score (nSPS) is 24.4. The van der Waals surface area contributed by atoms with E-state index in [9.17, 15) is 0 Å². The van der Waals surface area contributed by atoms with Gasteiger partial charge >= 0.3 is 0 Å². The first-order valence-electron chi connectivity index (χ1n) is 5.97. The van der Waals surface area contributed by atoms with Gasteiger partial charge in [0.25, 0.3) is 0 Å². The van der Waals surface area contributed by atoms with Gasteiger partial charge in [0.2, 0.25) is 0 Å². The second-order valence-electron chi connectivity index (χ2n) is 4.57. The zero-order valence-electron chi connectivity index (χ0n) is 9.21. The lowest BCUT2D eigenvalue weighted by Crippen LogP contribution is -2.13. The van der Waals surface area contributed by atoms with Crippen LogP contribution in [0.4, 0.5) is 0 Å². The van der Waals surface area contributed by atoms with Gasteiger partial charge in [-0.15, -0.1) is 0 Å². The summed E-state index contributed by atoms with van der Waals surface area (Å²) in [6.45, 7) is 1.57. The highest BCUT2D eigenvalue weighted by Crippen LogP contribution is 2.29. The van der Waals surface area contributed by atoms with Crippen molar-refractivity contribution < 1.29 is 4.74 Å². The van der Waals surface area contributed by atoms with Crippen LogP contribution in [0.5, 0.6) is 0 Å². The summed E-state index contributed by atoms with van der Waals surface area (Å²) in [6, 6.07) is 0. The number of halogens is 1. The van der Waals surface area contributed by atoms with E-state index in [1.54, 1.807) is 0 Å². The first-order chi connectivity index (χ1) is 7.84. The standard InChI is InChI=1S/C12H15ClN2O/c13-11-9-3-1-2-4-10(9)14-12(15-11)8-5-6-16-7-8/h8H,1-7H2. The Morgan fingerprint density at radius 3 is 2.88 bits per heavy atom. The molecule has 1 aromatic heterocycles. The summed E-state index contributed by atoms with van der Waals surface area (Å²) in [6.07, 6.45) is 5.55. The quantitative estimate of drug-likeness (QED) is 0.706. The van der Waals surface area contributed by atoms with Crippen LogP contribution < -0.4 is 0 Å². The fraction of sp³-hybridized carbons (Fsp3) is 0.667. The van der Waals surface area contributed by atoms with Crippen LogP contribution in [0.1, 0.15) is 42.3 Å². The molecule has 1 fully saturated rings. The fourth-order valence-corrected chi connectivity index (χ4v) is 2.78. The summed E-state index contributed by atoms with van der Waals surface area (Å²) in [5, 5.41) is 0.673. The molecular weight excluding hydrogens is 224 g/mol. The second-order valence-corrected chi connectivity index (χ2v) is 4.92. The van der Waals surface area contributed by atoms with E-state index in [0.717, 1.165) is 38.3 Å². The molecule has 0 amide bonds. The Labute approximate surface area is 100 Å². The summed E-state index contributed by atoms with van der Waals surface area (Å²) in [5.74, 6) is 1.24. The van der Waals surface area contributed by atoms with Crippen molar-refractivity contribution in [2.75, 3.05) is 13.2 Å². The molecule has 2 aliphatic rings. The van der Waals surface area contributed by atoms with E-state index < -0.39 is 0 Å². The molecule has 0 spiro atoms. The van der Waals surface area contributed by atoms with E-state index in [-0.39, 0.29) is 0 Å². The van der Waals surface area contributed by atoms with Crippen LogP contribution >= 0.6 is 11.6 Å². The van der Waals surface area contributed by atoms with E-state index in [1.165, 1.54) is 24.1 Å². The monoisotopic (exact) mass is 238 g/mol. The molecular formula is C12H15ClN2O. The van der Waals surface area contributed by atoms with Crippen LogP contribution in [0, 0.1) is 0 Å². The smallest absolute Gasteiger partial charge is 0.136 e. The minimum Gasteiger partial charge on any atom is -0.381 e. The van der Waals surface area contributed by atoms with Gasteiger partial charge < -0.3 is 4.74 Å². The zero-order chi connectivity index (χ0) is 11.0. The molecule has 1 aliphatic carbocycles. The number of ether oxygens (including phenoxy) is 1. The number of rotatable bonds is 1. The van der Waals surface area contributed by atoms with Crippen LogP contribution in [0.15, 0.2) is 0 Å². The molecule has 0 N–H and O–H groups in total. The first-order valence-corrected chi connectivity index (χ1v) is 6.35. The van der Waals surface area contributed by atoms with Crippen molar-refractivity contribution in [2.45, 2.75) is 38.0 Å². The molecule has 2 heterocycles. The van der Waals surface area contributed by atoms with Gasteiger partial charge in [-0.2, -0.15) is 0 Å². The summed E-state index contributed by atoms with van der Waals surface area (Å²) < 4.78 is 5.37. The van der Waals surface area contributed by atoms with Gasteiger partial charge in [0, 0.05) is 23.8 Å². The number of nitrogens with zero attached hydrogens (tertiary/aromatic N) is 2. The average molecular weight is 239 g/mol. The van der Waals surface area contributed by atoms with Crippen LogP contribution in [-0.4, -0.2) is 23.2 Å². The number of aryl methyl sites for hydroxylation is 1. The molecule has 86 valence electrons. The summed E-state index contributed by atoms with van der Waals surface area (Å²) >= 11 is 6.23. The van der Waals surface area contributed by atoms with Gasteiger partial charge in [-0.25, -0.2) is 9.97 Å². The lowest BCUT2D eigenvalue weighted by Gasteiger charge is -2.17. The van der Waals surface area contributed by atoms with Gasteiger partial charge in [-0.05, 0) is 32.1 Å². The Morgan fingerprint density at radius 2 is 2.06 bits per heavy atom. The highest BCUT2D eigenvalue weighted by molar-refractivity contribution is 6.30. The Hall–Kier alpha value is -0.670. The van der Waals surface area contributed by atoms with Gasteiger partial charge in [0.15, 0.2) is 0 Å². The summed E-state index contributed by atoms with van der Waals surface area (Å²) in [4.78, 5) is 9.12. The van der Waals surface area contributed by atoms with Crippen LogP contribution in [0.3, 0.4) is 0 Å². The maximum Gasteiger partial charge on any atom is 0.136 e. The van der Waals surface area contributed by atoms with E-state index in [2.05, 4.69) is 9.97 Å². The number of fused-ring (bicyclic) bond motifs is 1. The third kappa shape index (κ3) is 1.82. The summed E-state index contributed by atoms with van der Waals surface area (Å²) in [7, 11) is 0. The minimum absolute atomic E-state index is 0.352. The van der Waals surface area contributed by atoms with E-state index >= 15 is 0 Å². The SMILES string of the molecule is Clc1nc(C2CCOC2)nc2c1CCCC2. The molecule has 3 nitrogen and oxygen atoms in total. The molecule has 1 unspecified atom stereocenters. The molecule has 4 heteroatoms. The third-order valence-corrected chi connectivity index (χ3v) is 3.76. The number of hydrogen-bond acceptors (Lipinski definition) is 3. The maximum absolute atomic E-state index is 6.23. The Kier molecular flexibility index (Phi) is 2.82. The largest absolute Gasteiger partial charge is 0.381 e. The van der Waals surface area contributed by atoms with Crippen LogP contribution in [0.25, 0.3) is 0 Å². The molecule has 0 saturated carbocycles. The molecule has 1 atom stereocenters. The minimum atomic E-state index is 0.352. The van der Waals surface area contributed by atoms with Gasteiger partial charge in [0.1, 0.15) is 11.0 Å². The predicted molar refractivity (Wildman–Crippen MR) is 61.9 cm³/mol. The van der Waals surface area contributed by atoms with E-state index in [4.69, 9.17) is 16.3 Å². The molecule has 0 aromatic carbocycles. The lowest BCUT2D eigenvalue weighted by atomic mass is 9.97. The molecule has 3 rings (SSSR count). The molecule has 1 aromatic rings. The number of hydrogen-bond donors (Lipinski definition) is 0. The Bertz CT molecular complexity index is 402. The van der Waals surface area contributed by atoms with Crippen molar-refractivity contribution in [1.82, 2.24) is 9.97 Å². The highest BCUT2D eigenvalue weighted by Gasteiger charge is 2.24. The van der Waals surface area contributed by atoms with Gasteiger partial charge in [-0.3, -0.25) is 0 Å². The van der Waals surface area contributed by atoms with Crippen molar-refractivity contribution in [3.05, 3.63) is 22.2 Å². The first kappa shape index (κ1) is 10.5. The average Bonchev–Trinajstić information content (AvgIpc) is 2.82. The van der Waals surface area contributed by atoms with E-state index in [0.29, 0.717) is 11.1 Å². The fourth-order valence-electron chi connectivity index (χ4n) is 2.49. The van der Waals surface area contributed by atoms with E-state index in [1.807, 2.05) is 0 Å². The molecule has 0 radical (unpaired) electrons. The van der Waals surface area contributed by atoms with Crippen molar-refractivity contribution in [3.8, 4) is 0 Å². The van der Waals surface area contributed by atoms with Crippen molar-refractivity contribution in [2.24, 2.45) is 0 Å². The zero-order valence-corrected chi connectivity index (χ0v) is 9.96.